The molecule has 0 unspecified atom stereocenters. The van der Waals surface area contributed by atoms with Gasteiger partial charge in [-0.1, -0.05) is 17.3 Å². The van der Waals surface area contributed by atoms with Gasteiger partial charge in [0, 0.05) is 12.6 Å². The lowest BCUT2D eigenvalue weighted by Gasteiger charge is -2.01. The van der Waals surface area contributed by atoms with Crippen molar-refractivity contribution >= 4 is 22.7 Å². The maximum absolute atomic E-state index is 10.7. The van der Waals surface area contributed by atoms with Crippen molar-refractivity contribution in [1.82, 2.24) is 9.97 Å². The van der Waals surface area contributed by atoms with E-state index in [2.05, 4.69) is 15.1 Å². The second-order valence-corrected chi connectivity index (χ2v) is 3.38. The Balaban J connectivity index is 2.34. The number of aromatic nitrogens is 2. The average molecular weight is 231 g/mol. The minimum atomic E-state index is -1.28. The summed E-state index contributed by atoms with van der Waals surface area (Å²) in [7, 11) is 0. The van der Waals surface area contributed by atoms with Gasteiger partial charge in [0.15, 0.2) is 5.71 Å². The molecule has 1 heterocycles. The van der Waals surface area contributed by atoms with E-state index in [1.54, 1.807) is 6.07 Å². The molecule has 0 saturated heterocycles. The molecule has 0 atom stereocenters. The monoisotopic (exact) mass is 231 g/mol. The minimum Gasteiger partial charge on any atom is -0.477 e. The second kappa shape index (κ2) is 4.56. The van der Waals surface area contributed by atoms with E-state index in [-0.39, 0.29) is 12.1 Å². The molecule has 0 aliphatic heterocycles. The number of hydrogen-bond acceptors (Lipinski definition) is 5. The zero-order valence-electron chi connectivity index (χ0n) is 8.74. The standard InChI is InChI=1S/C11H9N3O3/c15-11(16)10(14-17)5-7-6-12-8-3-1-2-4-9(8)13-7/h1-4,6,17H,5H2,(H,15,16). The highest BCUT2D eigenvalue weighted by molar-refractivity contribution is 6.35. The first kappa shape index (κ1) is 11.0. The lowest BCUT2D eigenvalue weighted by molar-refractivity contribution is -0.129. The highest BCUT2D eigenvalue weighted by Crippen LogP contribution is 2.09. The van der Waals surface area contributed by atoms with Crippen LogP contribution in [0.4, 0.5) is 0 Å². The number of rotatable bonds is 3. The Morgan fingerprint density at radius 1 is 1.29 bits per heavy atom. The molecule has 17 heavy (non-hydrogen) atoms. The van der Waals surface area contributed by atoms with Gasteiger partial charge in [0.2, 0.25) is 0 Å². The van der Waals surface area contributed by atoms with Crippen LogP contribution in [0.1, 0.15) is 5.69 Å². The molecule has 0 spiro atoms. The maximum atomic E-state index is 10.7. The van der Waals surface area contributed by atoms with Gasteiger partial charge in [0.1, 0.15) is 0 Å². The summed E-state index contributed by atoms with van der Waals surface area (Å²) in [5.41, 5.74) is 1.48. The molecule has 6 nitrogen and oxygen atoms in total. The van der Waals surface area contributed by atoms with E-state index >= 15 is 0 Å². The normalized spacial score (nSPS) is 11.6. The predicted molar refractivity (Wildman–Crippen MR) is 60.1 cm³/mol. The third-order valence-electron chi connectivity index (χ3n) is 2.21. The Hall–Kier alpha value is -2.50. The molecule has 1 aromatic carbocycles. The number of hydrogen-bond donors (Lipinski definition) is 2. The Morgan fingerprint density at radius 3 is 2.65 bits per heavy atom. The summed E-state index contributed by atoms with van der Waals surface area (Å²) in [5, 5.41) is 20.0. The number of aliphatic carboxylic acids is 1. The Morgan fingerprint density at radius 2 is 2.00 bits per heavy atom. The molecule has 2 N–H and O–H groups in total. The Labute approximate surface area is 96.2 Å². The van der Waals surface area contributed by atoms with Gasteiger partial charge in [0.05, 0.1) is 16.7 Å². The molecule has 0 aliphatic rings. The summed E-state index contributed by atoms with van der Waals surface area (Å²) in [4.78, 5) is 19.0. The van der Waals surface area contributed by atoms with E-state index in [0.29, 0.717) is 11.2 Å². The molecule has 0 aliphatic carbocycles. The van der Waals surface area contributed by atoms with Crippen molar-refractivity contribution in [2.75, 3.05) is 0 Å². The van der Waals surface area contributed by atoms with Crippen LogP contribution in [0.25, 0.3) is 11.0 Å². The smallest absolute Gasteiger partial charge is 0.354 e. The number of para-hydroxylation sites is 2. The van der Waals surface area contributed by atoms with Crippen LogP contribution in [0.15, 0.2) is 35.6 Å². The van der Waals surface area contributed by atoms with Crippen LogP contribution in [0.3, 0.4) is 0 Å². The topological polar surface area (TPSA) is 95.7 Å². The van der Waals surface area contributed by atoms with Gasteiger partial charge in [-0.2, -0.15) is 0 Å². The largest absolute Gasteiger partial charge is 0.477 e. The highest BCUT2D eigenvalue weighted by atomic mass is 16.4. The number of carboxylic acid groups (broad SMARTS) is 1. The third-order valence-corrected chi connectivity index (χ3v) is 2.21. The predicted octanol–water partition coefficient (Wildman–Crippen LogP) is 1.09. The average Bonchev–Trinajstić information content (AvgIpc) is 2.35. The maximum Gasteiger partial charge on any atom is 0.354 e. The zero-order valence-corrected chi connectivity index (χ0v) is 8.74. The molecular weight excluding hydrogens is 222 g/mol. The second-order valence-electron chi connectivity index (χ2n) is 3.38. The minimum absolute atomic E-state index is 0.0658. The van der Waals surface area contributed by atoms with E-state index < -0.39 is 5.97 Å². The van der Waals surface area contributed by atoms with E-state index in [4.69, 9.17) is 10.3 Å². The number of carbonyl (C=O) groups is 1. The van der Waals surface area contributed by atoms with Crippen LogP contribution in [0, 0.1) is 0 Å². The number of oxime groups is 1. The molecule has 2 aromatic rings. The van der Waals surface area contributed by atoms with Crippen LogP contribution in [-0.2, 0) is 11.2 Å². The van der Waals surface area contributed by atoms with Crippen LogP contribution < -0.4 is 0 Å². The first-order chi connectivity index (χ1) is 8.20. The summed E-state index contributed by atoms with van der Waals surface area (Å²) in [6.45, 7) is 0. The lowest BCUT2D eigenvalue weighted by Crippen LogP contribution is -2.16. The summed E-state index contributed by atoms with van der Waals surface area (Å²) in [6, 6.07) is 7.25. The van der Waals surface area contributed by atoms with Crippen molar-refractivity contribution in [3.63, 3.8) is 0 Å². The molecular formula is C11H9N3O3. The third kappa shape index (κ3) is 2.36. The van der Waals surface area contributed by atoms with Gasteiger partial charge in [-0.15, -0.1) is 0 Å². The molecule has 86 valence electrons. The van der Waals surface area contributed by atoms with E-state index in [9.17, 15) is 4.79 Å². The molecule has 2 rings (SSSR count). The lowest BCUT2D eigenvalue weighted by atomic mass is 10.2. The van der Waals surface area contributed by atoms with E-state index in [0.717, 1.165) is 5.52 Å². The van der Waals surface area contributed by atoms with Gasteiger partial charge in [-0.3, -0.25) is 4.98 Å². The van der Waals surface area contributed by atoms with Crippen molar-refractivity contribution in [3.8, 4) is 0 Å². The molecule has 1 aromatic heterocycles. The van der Waals surface area contributed by atoms with Crippen molar-refractivity contribution in [1.29, 1.82) is 0 Å². The number of carboxylic acids is 1. The molecule has 0 fully saturated rings. The number of nitrogens with zero attached hydrogens (tertiary/aromatic N) is 3. The number of benzene rings is 1. The fraction of sp³-hybridized carbons (Fsp3) is 0.0909. The first-order valence-corrected chi connectivity index (χ1v) is 4.85. The Bertz CT molecular complexity index is 595. The summed E-state index contributed by atoms with van der Waals surface area (Å²) in [5.74, 6) is -1.28. The van der Waals surface area contributed by atoms with Crippen LogP contribution in [-0.4, -0.2) is 32.0 Å². The van der Waals surface area contributed by atoms with Crippen LogP contribution in [0.5, 0.6) is 0 Å². The van der Waals surface area contributed by atoms with Crippen molar-refractivity contribution in [3.05, 3.63) is 36.2 Å². The van der Waals surface area contributed by atoms with Gasteiger partial charge < -0.3 is 10.3 Å². The van der Waals surface area contributed by atoms with Crippen LogP contribution in [0.2, 0.25) is 0 Å². The molecule has 0 amide bonds. The highest BCUT2D eigenvalue weighted by Gasteiger charge is 2.12. The Kier molecular flexibility index (Phi) is 2.95. The van der Waals surface area contributed by atoms with Crippen LogP contribution >= 0.6 is 0 Å². The summed E-state index contributed by atoms with van der Waals surface area (Å²) in [6.07, 6.45) is 1.40. The van der Waals surface area contributed by atoms with Gasteiger partial charge in [-0.05, 0) is 12.1 Å². The van der Waals surface area contributed by atoms with Gasteiger partial charge in [-0.25, -0.2) is 9.78 Å². The fourth-order valence-corrected chi connectivity index (χ4v) is 1.41. The number of fused-ring (bicyclic) bond motifs is 1. The molecule has 0 bridgehead atoms. The van der Waals surface area contributed by atoms with Crippen molar-refractivity contribution < 1.29 is 15.1 Å². The fourth-order valence-electron chi connectivity index (χ4n) is 1.41. The van der Waals surface area contributed by atoms with Gasteiger partial charge in [0.25, 0.3) is 0 Å². The summed E-state index contributed by atoms with van der Waals surface area (Å²) >= 11 is 0. The molecule has 0 saturated carbocycles. The van der Waals surface area contributed by atoms with Crippen molar-refractivity contribution in [2.24, 2.45) is 5.16 Å². The zero-order chi connectivity index (χ0) is 12.3. The first-order valence-electron chi connectivity index (χ1n) is 4.85. The SMILES string of the molecule is O=C(O)C(Cc1cnc2ccccc2n1)=NO. The summed E-state index contributed by atoms with van der Waals surface area (Å²) < 4.78 is 0. The molecule has 0 radical (unpaired) electrons. The van der Waals surface area contributed by atoms with Gasteiger partial charge >= 0.3 is 5.97 Å². The molecule has 6 heteroatoms. The van der Waals surface area contributed by atoms with E-state index in [1.165, 1.54) is 6.20 Å². The quantitative estimate of drug-likeness (QED) is 0.468. The van der Waals surface area contributed by atoms with E-state index in [1.807, 2.05) is 18.2 Å². The van der Waals surface area contributed by atoms with Crippen molar-refractivity contribution in [2.45, 2.75) is 6.42 Å².